The van der Waals surface area contributed by atoms with Gasteiger partial charge in [-0.25, -0.2) is 0 Å². The van der Waals surface area contributed by atoms with E-state index in [0.29, 0.717) is 6.42 Å². The second-order valence-corrected chi connectivity index (χ2v) is 3.84. The average molecular weight is 245 g/mol. The zero-order chi connectivity index (χ0) is 9.84. The highest BCUT2D eigenvalue weighted by Crippen LogP contribution is 2.29. The van der Waals surface area contributed by atoms with Gasteiger partial charge in [-0.1, -0.05) is 12.1 Å². The Morgan fingerprint density at radius 3 is 2.77 bits per heavy atom. The Balaban J connectivity index is 2.98. The first kappa shape index (κ1) is 10.5. The molecule has 13 heavy (non-hydrogen) atoms. The first-order valence-corrected chi connectivity index (χ1v) is 4.94. The fourth-order valence-corrected chi connectivity index (χ4v) is 1.83. The summed E-state index contributed by atoms with van der Waals surface area (Å²) in [5.74, 6) is 0.809. The Bertz CT molecular complexity index is 284. The molecule has 3 heteroatoms. The first-order chi connectivity index (χ1) is 6.15. The Hall–Kier alpha value is -0.540. The largest absolute Gasteiger partial charge is 0.495 e. The Kier molecular flexibility index (Phi) is 3.75. The summed E-state index contributed by atoms with van der Waals surface area (Å²) in [6.07, 6.45) is 0.269. The number of benzene rings is 1. The van der Waals surface area contributed by atoms with E-state index in [1.165, 1.54) is 0 Å². The molecule has 0 aliphatic carbocycles. The van der Waals surface area contributed by atoms with Crippen LogP contribution in [0.25, 0.3) is 0 Å². The van der Waals surface area contributed by atoms with Crippen LogP contribution in [-0.4, -0.2) is 18.3 Å². The van der Waals surface area contributed by atoms with Crippen molar-refractivity contribution < 1.29 is 9.84 Å². The highest BCUT2D eigenvalue weighted by Gasteiger charge is 2.08. The highest BCUT2D eigenvalue weighted by molar-refractivity contribution is 9.10. The number of aliphatic hydroxyl groups excluding tert-OH is 1. The maximum atomic E-state index is 9.25. The fraction of sp³-hybridized carbons (Fsp3) is 0.400. The van der Waals surface area contributed by atoms with Crippen molar-refractivity contribution in [1.29, 1.82) is 0 Å². The summed E-state index contributed by atoms with van der Waals surface area (Å²) >= 11 is 3.39. The van der Waals surface area contributed by atoms with Gasteiger partial charge in [0.15, 0.2) is 0 Å². The van der Waals surface area contributed by atoms with Crippen molar-refractivity contribution in [3.63, 3.8) is 0 Å². The van der Waals surface area contributed by atoms with Gasteiger partial charge in [0.05, 0.1) is 17.7 Å². The molecule has 0 spiro atoms. The zero-order valence-corrected chi connectivity index (χ0v) is 9.34. The van der Waals surface area contributed by atoms with E-state index >= 15 is 0 Å². The van der Waals surface area contributed by atoms with Crippen molar-refractivity contribution in [3.05, 3.63) is 28.2 Å². The summed E-state index contributed by atoms with van der Waals surface area (Å²) in [5, 5.41) is 9.25. The molecule has 0 saturated carbocycles. The number of methoxy groups -OCH3 is 1. The van der Waals surface area contributed by atoms with Gasteiger partial charge in [0.25, 0.3) is 0 Å². The molecular weight excluding hydrogens is 232 g/mol. The Morgan fingerprint density at radius 1 is 1.54 bits per heavy atom. The summed E-state index contributed by atoms with van der Waals surface area (Å²) in [6, 6.07) is 5.81. The van der Waals surface area contributed by atoms with Gasteiger partial charge >= 0.3 is 0 Å². The molecule has 1 atom stereocenters. The molecule has 0 amide bonds. The van der Waals surface area contributed by atoms with Gasteiger partial charge < -0.3 is 9.84 Å². The summed E-state index contributed by atoms with van der Waals surface area (Å²) in [4.78, 5) is 0. The standard InChI is InChI=1S/C10H13BrO2/c1-7(12)6-8-4-3-5-9(11)10(8)13-2/h3-5,7,12H,6H2,1-2H3/t7-/m1/s1. The van der Waals surface area contributed by atoms with Gasteiger partial charge in [-0.15, -0.1) is 0 Å². The molecule has 0 aliphatic rings. The predicted octanol–water partition coefficient (Wildman–Crippen LogP) is 2.38. The van der Waals surface area contributed by atoms with E-state index in [-0.39, 0.29) is 6.10 Å². The minimum absolute atomic E-state index is 0.344. The van der Waals surface area contributed by atoms with Crippen LogP contribution in [0.3, 0.4) is 0 Å². The van der Waals surface area contributed by atoms with Gasteiger partial charge in [-0.3, -0.25) is 0 Å². The van der Waals surface area contributed by atoms with Gasteiger partial charge in [0.2, 0.25) is 0 Å². The van der Waals surface area contributed by atoms with E-state index in [2.05, 4.69) is 15.9 Å². The van der Waals surface area contributed by atoms with Crippen LogP contribution < -0.4 is 4.74 Å². The van der Waals surface area contributed by atoms with Crippen LogP contribution in [0.5, 0.6) is 5.75 Å². The maximum Gasteiger partial charge on any atom is 0.136 e. The van der Waals surface area contributed by atoms with Crippen molar-refractivity contribution in [2.45, 2.75) is 19.4 Å². The van der Waals surface area contributed by atoms with Crippen LogP contribution in [-0.2, 0) is 6.42 Å². The summed E-state index contributed by atoms with van der Waals surface area (Å²) < 4.78 is 6.14. The van der Waals surface area contributed by atoms with E-state index in [4.69, 9.17) is 4.74 Å². The van der Waals surface area contributed by atoms with Crippen LogP contribution in [0.15, 0.2) is 22.7 Å². The SMILES string of the molecule is COc1c(Br)cccc1C[C@@H](C)O. The van der Waals surface area contributed by atoms with Crippen LogP contribution in [0, 0.1) is 0 Å². The van der Waals surface area contributed by atoms with Gasteiger partial charge in [-0.2, -0.15) is 0 Å². The van der Waals surface area contributed by atoms with Crippen LogP contribution in [0.4, 0.5) is 0 Å². The number of hydrogen-bond donors (Lipinski definition) is 1. The normalized spacial score (nSPS) is 12.6. The molecule has 0 fully saturated rings. The van der Waals surface area contributed by atoms with E-state index < -0.39 is 0 Å². The quantitative estimate of drug-likeness (QED) is 0.885. The number of rotatable bonds is 3. The number of aliphatic hydroxyl groups is 1. The molecule has 0 bridgehead atoms. The van der Waals surface area contributed by atoms with Crippen LogP contribution >= 0.6 is 15.9 Å². The molecule has 2 nitrogen and oxygen atoms in total. The summed E-state index contributed by atoms with van der Waals surface area (Å²) in [5.41, 5.74) is 1.02. The van der Waals surface area contributed by atoms with Crippen molar-refractivity contribution in [3.8, 4) is 5.75 Å². The van der Waals surface area contributed by atoms with Crippen molar-refractivity contribution in [2.24, 2.45) is 0 Å². The maximum absolute atomic E-state index is 9.25. The molecule has 0 heterocycles. The number of hydrogen-bond acceptors (Lipinski definition) is 2. The fourth-order valence-electron chi connectivity index (χ4n) is 1.26. The van der Waals surface area contributed by atoms with E-state index in [0.717, 1.165) is 15.8 Å². The average Bonchev–Trinajstić information content (AvgIpc) is 2.03. The molecular formula is C10H13BrO2. The van der Waals surface area contributed by atoms with Gasteiger partial charge in [-0.05, 0) is 34.5 Å². The Labute approximate surface area is 86.7 Å². The first-order valence-electron chi connectivity index (χ1n) is 4.14. The van der Waals surface area contributed by atoms with E-state index in [1.807, 2.05) is 18.2 Å². The molecule has 0 saturated heterocycles. The lowest BCUT2D eigenvalue weighted by molar-refractivity contribution is 0.194. The third-order valence-corrected chi connectivity index (χ3v) is 2.39. The molecule has 0 aliphatic heterocycles. The third-order valence-electron chi connectivity index (χ3n) is 1.77. The molecule has 0 aromatic heterocycles. The van der Waals surface area contributed by atoms with Gasteiger partial charge in [0, 0.05) is 6.42 Å². The van der Waals surface area contributed by atoms with Crippen molar-refractivity contribution in [1.82, 2.24) is 0 Å². The zero-order valence-electron chi connectivity index (χ0n) is 7.75. The van der Waals surface area contributed by atoms with Gasteiger partial charge in [0.1, 0.15) is 5.75 Å². The van der Waals surface area contributed by atoms with Crippen molar-refractivity contribution in [2.75, 3.05) is 7.11 Å². The number of para-hydroxylation sites is 1. The third kappa shape index (κ3) is 2.71. The molecule has 1 aromatic rings. The molecule has 0 radical (unpaired) electrons. The summed E-state index contributed by atoms with van der Waals surface area (Å²) in [7, 11) is 1.63. The number of halogens is 1. The minimum atomic E-state index is -0.344. The van der Waals surface area contributed by atoms with Crippen LogP contribution in [0.1, 0.15) is 12.5 Å². The van der Waals surface area contributed by atoms with Crippen LogP contribution in [0.2, 0.25) is 0 Å². The topological polar surface area (TPSA) is 29.5 Å². The van der Waals surface area contributed by atoms with E-state index in [1.54, 1.807) is 14.0 Å². The highest BCUT2D eigenvalue weighted by atomic mass is 79.9. The summed E-state index contributed by atoms with van der Waals surface area (Å²) in [6.45, 7) is 1.76. The van der Waals surface area contributed by atoms with Crippen molar-refractivity contribution >= 4 is 15.9 Å². The lowest BCUT2D eigenvalue weighted by Gasteiger charge is -2.11. The lowest BCUT2D eigenvalue weighted by Crippen LogP contribution is -2.05. The Morgan fingerprint density at radius 2 is 2.23 bits per heavy atom. The molecule has 1 rings (SSSR count). The molecule has 1 N–H and O–H groups in total. The lowest BCUT2D eigenvalue weighted by atomic mass is 10.1. The molecule has 72 valence electrons. The monoisotopic (exact) mass is 244 g/mol. The minimum Gasteiger partial charge on any atom is -0.495 e. The second-order valence-electron chi connectivity index (χ2n) is 2.99. The molecule has 0 unspecified atom stereocenters. The predicted molar refractivity (Wildman–Crippen MR) is 56.1 cm³/mol. The van der Waals surface area contributed by atoms with E-state index in [9.17, 15) is 5.11 Å². The number of ether oxygens (including phenoxy) is 1. The molecule has 1 aromatic carbocycles. The second kappa shape index (κ2) is 4.63. The smallest absolute Gasteiger partial charge is 0.136 e.